The van der Waals surface area contributed by atoms with Crippen molar-refractivity contribution in [3.05, 3.63) is 42.2 Å². The van der Waals surface area contributed by atoms with Crippen LogP contribution >= 0.6 is 0 Å². The predicted molar refractivity (Wildman–Crippen MR) is 70.0 cm³/mol. The molecule has 1 saturated heterocycles. The molecule has 4 heteroatoms. The Balaban J connectivity index is 1.94. The first-order chi connectivity index (χ1) is 8.70. The van der Waals surface area contributed by atoms with E-state index in [0.29, 0.717) is 13.1 Å². The van der Waals surface area contributed by atoms with E-state index in [2.05, 4.69) is 4.90 Å². The van der Waals surface area contributed by atoms with Crippen molar-refractivity contribution in [2.45, 2.75) is 6.92 Å². The molecule has 1 aliphatic rings. The molecule has 18 heavy (non-hydrogen) atoms. The van der Waals surface area contributed by atoms with E-state index < -0.39 is 0 Å². The molecule has 0 radical (unpaired) electrons. The molecule has 2 rings (SSSR count). The minimum atomic E-state index is -0.222. The molecule has 96 valence electrons. The van der Waals surface area contributed by atoms with Gasteiger partial charge in [-0.1, -0.05) is 6.08 Å². The molecule has 0 saturated carbocycles. The lowest BCUT2D eigenvalue weighted by Gasteiger charge is -2.35. The van der Waals surface area contributed by atoms with Gasteiger partial charge in [0.05, 0.1) is 0 Å². The van der Waals surface area contributed by atoms with Gasteiger partial charge in [0.2, 0.25) is 5.91 Å². The Morgan fingerprint density at radius 3 is 2.33 bits per heavy atom. The third-order valence-electron chi connectivity index (χ3n) is 3.09. The largest absolute Gasteiger partial charge is 0.368 e. The molecule has 0 spiro atoms. The Labute approximate surface area is 107 Å². The summed E-state index contributed by atoms with van der Waals surface area (Å²) in [5, 5.41) is 0. The number of nitrogens with zero attached hydrogens (tertiary/aromatic N) is 2. The van der Waals surface area contributed by atoms with Crippen LogP contribution in [0.15, 0.2) is 36.4 Å². The van der Waals surface area contributed by atoms with Gasteiger partial charge in [-0.15, -0.1) is 0 Å². The van der Waals surface area contributed by atoms with E-state index in [9.17, 15) is 9.18 Å². The summed E-state index contributed by atoms with van der Waals surface area (Å²) < 4.78 is 12.8. The van der Waals surface area contributed by atoms with Crippen molar-refractivity contribution in [2.24, 2.45) is 0 Å². The second kappa shape index (κ2) is 5.67. The normalized spacial score (nSPS) is 16.3. The topological polar surface area (TPSA) is 23.6 Å². The lowest BCUT2D eigenvalue weighted by Crippen LogP contribution is -2.48. The number of rotatable bonds is 2. The SMILES string of the molecule is C/C=C/C(=O)N1CCN(c2ccc(F)cc2)CC1. The van der Waals surface area contributed by atoms with Gasteiger partial charge in [0.1, 0.15) is 5.82 Å². The van der Waals surface area contributed by atoms with Gasteiger partial charge in [-0.2, -0.15) is 0 Å². The van der Waals surface area contributed by atoms with Crippen LogP contribution in [0.5, 0.6) is 0 Å². The number of halogens is 1. The van der Waals surface area contributed by atoms with E-state index in [0.717, 1.165) is 18.8 Å². The minimum absolute atomic E-state index is 0.0660. The molecule has 0 aromatic heterocycles. The Morgan fingerprint density at radius 2 is 1.78 bits per heavy atom. The number of hydrogen-bond acceptors (Lipinski definition) is 2. The average molecular weight is 248 g/mol. The maximum absolute atomic E-state index is 12.8. The number of allylic oxidation sites excluding steroid dienone is 1. The average Bonchev–Trinajstić information content (AvgIpc) is 2.40. The van der Waals surface area contributed by atoms with E-state index in [1.807, 2.05) is 11.8 Å². The van der Waals surface area contributed by atoms with Crippen molar-refractivity contribution in [2.75, 3.05) is 31.1 Å². The monoisotopic (exact) mass is 248 g/mol. The number of hydrogen-bond donors (Lipinski definition) is 0. The molecule has 0 aliphatic carbocycles. The van der Waals surface area contributed by atoms with Gasteiger partial charge in [-0.05, 0) is 37.3 Å². The Kier molecular flexibility index (Phi) is 3.97. The summed E-state index contributed by atoms with van der Waals surface area (Å²) in [6.07, 6.45) is 3.35. The molecular weight excluding hydrogens is 231 g/mol. The number of amides is 1. The number of anilines is 1. The summed E-state index contributed by atoms with van der Waals surface area (Å²) in [7, 11) is 0. The van der Waals surface area contributed by atoms with Crippen LogP contribution < -0.4 is 4.90 Å². The van der Waals surface area contributed by atoms with Crippen molar-refractivity contribution in [3.8, 4) is 0 Å². The molecule has 1 amide bonds. The first-order valence-corrected chi connectivity index (χ1v) is 6.13. The molecule has 0 unspecified atom stereocenters. The smallest absolute Gasteiger partial charge is 0.246 e. The van der Waals surface area contributed by atoms with Crippen LogP contribution in [-0.4, -0.2) is 37.0 Å². The molecule has 1 fully saturated rings. The third kappa shape index (κ3) is 2.88. The highest BCUT2D eigenvalue weighted by Gasteiger charge is 2.19. The van der Waals surface area contributed by atoms with Gasteiger partial charge in [-0.3, -0.25) is 4.79 Å². The van der Waals surface area contributed by atoms with Gasteiger partial charge in [0.25, 0.3) is 0 Å². The van der Waals surface area contributed by atoms with E-state index >= 15 is 0 Å². The molecule has 1 aromatic rings. The van der Waals surface area contributed by atoms with Crippen molar-refractivity contribution in [1.82, 2.24) is 4.90 Å². The van der Waals surface area contributed by atoms with Gasteiger partial charge in [0, 0.05) is 31.9 Å². The fourth-order valence-corrected chi connectivity index (χ4v) is 2.08. The Morgan fingerprint density at radius 1 is 1.17 bits per heavy atom. The van der Waals surface area contributed by atoms with Crippen molar-refractivity contribution in [3.63, 3.8) is 0 Å². The van der Waals surface area contributed by atoms with Crippen molar-refractivity contribution < 1.29 is 9.18 Å². The summed E-state index contributed by atoms with van der Waals surface area (Å²) in [6.45, 7) is 4.83. The van der Waals surface area contributed by atoms with Crippen LogP contribution in [0.3, 0.4) is 0 Å². The van der Waals surface area contributed by atoms with Gasteiger partial charge in [-0.25, -0.2) is 4.39 Å². The second-order valence-corrected chi connectivity index (χ2v) is 4.29. The number of carbonyl (C=O) groups is 1. The summed E-state index contributed by atoms with van der Waals surface area (Å²) in [5.41, 5.74) is 1.01. The highest BCUT2D eigenvalue weighted by atomic mass is 19.1. The van der Waals surface area contributed by atoms with Crippen LogP contribution in [0.2, 0.25) is 0 Å². The molecule has 0 bridgehead atoms. The number of carbonyl (C=O) groups excluding carboxylic acids is 1. The van der Waals surface area contributed by atoms with Crippen molar-refractivity contribution >= 4 is 11.6 Å². The van der Waals surface area contributed by atoms with Gasteiger partial charge >= 0.3 is 0 Å². The molecule has 3 nitrogen and oxygen atoms in total. The molecule has 0 atom stereocenters. The van der Waals surface area contributed by atoms with Crippen LogP contribution in [0.4, 0.5) is 10.1 Å². The van der Waals surface area contributed by atoms with Crippen LogP contribution in [0.1, 0.15) is 6.92 Å². The van der Waals surface area contributed by atoms with Crippen LogP contribution in [-0.2, 0) is 4.79 Å². The van der Waals surface area contributed by atoms with E-state index in [-0.39, 0.29) is 11.7 Å². The fraction of sp³-hybridized carbons (Fsp3) is 0.357. The maximum atomic E-state index is 12.8. The van der Waals surface area contributed by atoms with Gasteiger partial charge in [0.15, 0.2) is 0 Å². The molecule has 1 heterocycles. The number of piperazine rings is 1. The van der Waals surface area contributed by atoms with Gasteiger partial charge < -0.3 is 9.80 Å². The van der Waals surface area contributed by atoms with Crippen LogP contribution in [0.25, 0.3) is 0 Å². The first-order valence-electron chi connectivity index (χ1n) is 6.13. The summed E-state index contributed by atoms with van der Waals surface area (Å²) in [4.78, 5) is 15.7. The third-order valence-corrected chi connectivity index (χ3v) is 3.09. The zero-order chi connectivity index (χ0) is 13.0. The molecule has 0 N–H and O–H groups in total. The molecule has 1 aromatic carbocycles. The summed E-state index contributed by atoms with van der Waals surface area (Å²) in [6, 6.07) is 6.48. The fourth-order valence-electron chi connectivity index (χ4n) is 2.08. The zero-order valence-electron chi connectivity index (χ0n) is 10.5. The second-order valence-electron chi connectivity index (χ2n) is 4.29. The lowest BCUT2D eigenvalue weighted by molar-refractivity contribution is -0.126. The van der Waals surface area contributed by atoms with E-state index in [4.69, 9.17) is 0 Å². The standard InChI is InChI=1S/C14H17FN2O/c1-2-3-14(18)17-10-8-16(9-11-17)13-6-4-12(15)5-7-13/h2-7H,8-11H2,1H3/b3-2+. The number of benzene rings is 1. The van der Waals surface area contributed by atoms with E-state index in [1.54, 1.807) is 24.3 Å². The van der Waals surface area contributed by atoms with E-state index in [1.165, 1.54) is 12.1 Å². The van der Waals surface area contributed by atoms with Crippen molar-refractivity contribution in [1.29, 1.82) is 0 Å². The Bertz CT molecular complexity index is 434. The molecular formula is C14H17FN2O. The highest BCUT2D eigenvalue weighted by Crippen LogP contribution is 2.16. The minimum Gasteiger partial charge on any atom is -0.368 e. The Hall–Kier alpha value is -1.84. The lowest BCUT2D eigenvalue weighted by atomic mass is 10.2. The zero-order valence-corrected chi connectivity index (χ0v) is 10.5. The summed E-state index contributed by atoms with van der Waals surface area (Å²) in [5.74, 6) is -0.156. The molecule has 1 aliphatic heterocycles. The highest BCUT2D eigenvalue weighted by molar-refractivity contribution is 5.87. The quantitative estimate of drug-likeness (QED) is 0.748. The predicted octanol–water partition coefficient (Wildman–Crippen LogP) is 2.05. The summed E-state index contributed by atoms with van der Waals surface area (Å²) >= 11 is 0. The maximum Gasteiger partial charge on any atom is 0.246 e. The first kappa shape index (κ1) is 12.6. The van der Waals surface area contributed by atoms with Crippen LogP contribution in [0, 0.1) is 5.82 Å².